The number of pyridine rings is 1. The lowest BCUT2D eigenvalue weighted by Crippen LogP contribution is -2.40. The molecule has 0 aliphatic carbocycles. The number of aromatic nitrogens is 1. The molecule has 0 unspecified atom stereocenters. The first-order valence-electron chi connectivity index (χ1n) is 5.97. The van der Waals surface area contributed by atoms with Crippen LogP contribution in [0.1, 0.15) is 5.56 Å². The van der Waals surface area contributed by atoms with E-state index in [1.807, 2.05) is 30.3 Å². The molecule has 4 heteroatoms. The van der Waals surface area contributed by atoms with Gasteiger partial charge in [0.1, 0.15) is 0 Å². The second kappa shape index (κ2) is 4.38. The molecule has 0 bridgehead atoms. The fraction of sp³-hybridized carbons (Fsp3) is 0.214. The largest absolute Gasteiger partial charge is 0.311 e. The number of halogens is 1. The Morgan fingerprint density at radius 2 is 2.22 bits per heavy atom. The van der Waals surface area contributed by atoms with Crippen molar-refractivity contribution in [3.8, 4) is 11.1 Å². The highest BCUT2D eigenvalue weighted by Gasteiger charge is 2.17. The first kappa shape index (κ1) is 11.2. The average molecular weight is 243 g/mol. The summed E-state index contributed by atoms with van der Waals surface area (Å²) >= 11 is 0. The fourth-order valence-electron chi connectivity index (χ4n) is 2.43. The van der Waals surface area contributed by atoms with Crippen molar-refractivity contribution in [2.24, 2.45) is 0 Å². The van der Waals surface area contributed by atoms with Gasteiger partial charge in [-0.25, -0.2) is 10.4 Å². The third-order valence-electron chi connectivity index (χ3n) is 3.27. The van der Waals surface area contributed by atoms with E-state index in [0.29, 0.717) is 0 Å². The lowest BCUT2D eigenvalue weighted by atomic mass is 9.95. The van der Waals surface area contributed by atoms with Crippen LogP contribution in [0.3, 0.4) is 0 Å². The highest BCUT2D eigenvalue weighted by Crippen LogP contribution is 2.32. The van der Waals surface area contributed by atoms with Gasteiger partial charge in [-0.15, -0.1) is 0 Å². The van der Waals surface area contributed by atoms with Crippen molar-refractivity contribution >= 4 is 5.69 Å². The second-order valence-electron chi connectivity index (χ2n) is 4.39. The van der Waals surface area contributed by atoms with Crippen LogP contribution in [-0.4, -0.2) is 18.6 Å². The predicted octanol–water partition coefficient (Wildman–Crippen LogP) is 2.38. The van der Waals surface area contributed by atoms with Crippen molar-refractivity contribution in [1.82, 2.24) is 10.4 Å². The van der Waals surface area contributed by atoms with Crippen LogP contribution in [0.5, 0.6) is 0 Å². The van der Waals surface area contributed by atoms with Gasteiger partial charge in [0.05, 0.1) is 5.69 Å². The quantitative estimate of drug-likeness (QED) is 0.779. The monoisotopic (exact) mass is 243 g/mol. The molecule has 0 saturated carbocycles. The minimum absolute atomic E-state index is 0.438. The van der Waals surface area contributed by atoms with Gasteiger partial charge in [-0.2, -0.15) is 4.39 Å². The molecule has 0 fully saturated rings. The van der Waals surface area contributed by atoms with E-state index in [1.54, 1.807) is 0 Å². The van der Waals surface area contributed by atoms with Gasteiger partial charge in [-0.1, -0.05) is 12.1 Å². The van der Waals surface area contributed by atoms with E-state index in [4.69, 9.17) is 0 Å². The number of hydrogen-bond acceptors (Lipinski definition) is 3. The molecule has 1 aromatic carbocycles. The molecule has 0 amide bonds. The second-order valence-corrected chi connectivity index (χ2v) is 4.39. The topological polar surface area (TPSA) is 28.2 Å². The highest BCUT2D eigenvalue weighted by molar-refractivity contribution is 5.74. The number of rotatable bonds is 1. The molecule has 3 rings (SSSR count). The summed E-state index contributed by atoms with van der Waals surface area (Å²) in [6.07, 6.45) is 2.45. The maximum absolute atomic E-state index is 13.2. The van der Waals surface area contributed by atoms with E-state index >= 15 is 0 Å². The van der Waals surface area contributed by atoms with Gasteiger partial charge in [0.15, 0.2) is 0 Å². The van der Waals surface area contributed by atoms with E-state index in [2.05, 4.69) is 16.5 Å². The number of nitrogens with one attached hydrogen (secondary N) is 1. The standard InChI is InChI=1S/C14H14FN3/c1-18-13-4-2-3-11(12(13)6-8-17-18)10-5-7-16-14(15)9-10/h2-5,7,9,17H,6,8H2,1H3. The molecule has 1 aliphatic heterocycles. The van der Waals surface area contributed by atoms with Crippen LogP contribution < -0.4 is 10.4 Å². The van der Waals surface area contributed by atoms with Gasteiger partial charge in [0.2, 0.25) is 5.95 Å². The van der Waals surface area contributed by atoms with Gasteiger partial charge in [-0.3, -0.25) is 0 Å². The zero-order valence-electron chi connectivity index (χ0n) is 10.2. The summed E-state index contributed by atoms with van der Waals surface area (Å²) in [4.78, 5) is 3.60. The molecule has 1 N–H and O–H groups in total. The van der Waals surface area contributed by atoms with Crippen molar-refractivity contribution in [2.45, 2.75) is 6.42 Å². The van der Waals surface area contributed by atoms with Crippen LogP contribution >= 0.6 is 0 Å². The molecular weight excluding hydrogens is 229 g/mol. The molecule has 2 aromatic rings. The maximum atomic E-state index is 13.2. The number of benzene rings is 1. The Morgan fingerprint density at radius 3 is 3.06 bits per heavy atom. The summed E-state index contributed by atoms with van der Waals surface area (Å²) in [6.45, 7) is 0.897. The van der Waals surface area contributed by atoms with Gasteiger partial charge >= 0.3 is 0 Å². The van der Waals surface area contributed by atoms with Crippen LogP contribution in [0, 0.1) is 5.95 Å². The molecule has 0 radical (unpaired) electrons. The Labute approximate surface area is 105 Å². The first-order chi connectivity index (χ1) is 8.75. The normalized spacial score (nSPS) is 14.4. The Kier molecular flexibility index (Phi) is 2.72. The van der Waals surface area contributed by atoms with Crippen molar-refractivity contribution in [3.63, 3.8) is 0 Å². The fourth-order valence-corrected chi connectivity index (χ4v) is 2.43. The molecule has 2 heterocycles. The minimum atomic E-state index is -0.438. The molecule has 1 aromatic heterocycles. The van der Waals surface area contributed by atoms with Crippen molar-refractivity contribution in [3.05, 3.63) is 48.0 Å². The van der Waals surface area contributed by atoms with Gasteiger partial charge < -0.3 is 5.01 Å². The van der Waals surface area contributed by atoms with Crippen molar-refractivity contribution in [2.75, 3.05) is 18.6 Å². The molecule has 0 saturated heterocycles. The van der Waals surface area contributed by atoms with Crippen LogP contribution in [0.2, 0.25) is 0 Å². The summed E-state index contributed by atoms with van der Waals surface area (Å²) < 4.78 is 13.2. The van der Waals surface area contributed by atoms with E-state index in [1.165, 1.54) is 17.8 Å². The molecule has 3 nitrogen and oxygen atoms in total. The van der Waals surface area contributed by atoms with E-state index in [9.17, 15) is 4.39 Å². The van der Waals surface area contributed by atoms with E-state index in [-0.39, 0.29) is 0 Å². The van der Waals surface area contributed by atoms with E-state index in [0.717, 1.165) is 29.8 Å². The zero-order chi connectivity index (χ0) is 12.5. The molecular formula is C14H14FN3. The van der Waals surface area contributed by atoms with Crippen molar-refractivity contribution in [1.29, 1.82) is 0 Å². The van der Waals surface area contributed by atoms with Gasteiger partial charge in [0.25, 0.3) is 0 Å². The molecule has 92 valence electrons. The van der Waals surface area contributed by atoms with E-state index < -0.39 is 5.95 Å². The number of anilines is 1. The summed E-state index contributed by atoms with van der Waals surface area (Å²) in [5, 5.41) is 2.01. The molecule has 18 heavy (non-hydrogen) atoms. The summed E-state index contributed by atoms with van der Waals surface area (Å²) in [7, 11) is 1.99. The predicted molar refractivity (Wildman–Crippen MR) is 69.7 cm³/mol. The lowest BCUT2D eigenvalue weighted by molar-refractivity contribution is 0.584. The number of fused-ring (bicyclic) bond motifs is 1. The molecule has 1 aliphatic rings. The third-order valence-corrected chi connectivity index (χ3v) is 3.27. The Balaban J connectivity index is 2.16. The minimum Gasteiger partial charge on any atom is -0.311 e. The number of nitrogens with zero attached hydrogens (tertiary/aromatic N) is 2. The van der Waals surface area contributed by atoms with Crippen LogP contribution in [0.4, 0.5) is 10.1 Å². The van der Waals surface area contributed by atoms with Crippen LogP contribution in [0.15, 0.2) is 36.5 Å². The van der Waals surface area contributed by atoms with Crippen molar-refractivity contribution < 1.29 is 4.39 Å². The summed E-state index contributed by atoms with van der Waals surface area (Å²) in [5.74, 6) is -0.438. The zero-order valence-corrected chi connectivity index (χ0v) is 10.2. The molecule has 0 atom stereocenters. The molecule has 0 spiro atoms. The Hall–Kier alpha value is -1.94. The van der Waals surface area contributed by atoms with Crippen LogP contribution in [-0.2, 0) is 6.42 Å². The third kappa shape index (κ3) is 1.84. The average Bonchev–Trinajstić information content (AvgIpc) is 2.39. The Bertz CT molecular complexity index is 583. The number of hydrogen-bond donors (Lipinski definition) is 1. The number of hydrazine groups is 1. The van der Waals surface area contributed by atoms with Gasteiger partial charge in [0, 0.05) is 25.9 Å². The summed E-state index contributed by atoms with van der Waals surface area (Å²) in [5.41, 5.74) is 7.65. The smallest absolute Gasteiger partial charge is 0.213 e. The Morgan fingerprint density at radius 1 is 1.33 bits per heavy atom. The maximum Gasteiger partial charge on any atom is 0.213 e. The SMILES string of the molecule is CN1NCCc2c(-c3ccnc(F)c3)cccc21. The lowest BCUT2D eigenvalue weighted by Gasteiger charge is -2.30. The first-order valence-corrected chi connectivity index (χ1v) is 5.97. The highest BCUT2D eigenvalue weighted by atomic mass is 19.1. The van der Waals surface area contributed by atoms with Crippen LogP contribution in [0.25, 0.3) is 11.1 Å². The summed E-state index contributed by atoms with van der Waals surface area (Å²) in [6, 6.07) is 9.43. The van der Waals surface area contributed by atoms with Gasteiger partial charge in [-0.05, 0) is 35.2 Å².